The van der Waals surface area contributed by atoms with E-state index >= 15 is 0 Å². The van der Waals surface area contributed by atoms with E-state index in [2.05, 4.69) is 184 Å². The van der Waals surface area contributed by atoms with Gasteiger partial charge in [0, 0.05) is 32.9 Å². The highest BCUT2D eigenvalue weighted by Crippen LogP contribution is 2.53. The number of fused-ring (bicyclic) bond motifs is 10. The Balaban J connectivity index is 0.972. The maximum atomic E-state index is 6.33. The van der Waals surface area contributed by atoms with Gasteiger partial charge in [-0.2, -0.15) is 0 Å². The van der Waals surface area contributed by atoms with Crippen LogP contribution in [0.4, 0.5) is 0 Å². The summed E-state index contributed by atoms with van der Waals surface area (Å²) in [6, 6.07) is 74.3. The number of hydrogen-bond donors (Lipinski definition) is 0. The second-order valence-corrected chi connectivity index (χ2v) is 17.6. The van der Waals surface area contributed by atoms with E-state index in [-0.39, 0.29) is 5.41 Å². The van der Waals surface area contributed by atoms with Crippen LogP contribution in [0.5, 0.6) is 0 Å². The van der Waals surface area contributed by atoms with Crippen LogP contribution in [0.1, 0.15) is 25.0 Å². The minimum atomic E-state index is -0.0778. The molecule has 3 heteroatoms. The van der Waals surface area contributed by atoms with Crippen LogP contribution in [-0.4, -0.2) is 9.97 Å². The Bertz CT molecular complexity index is 3880. The highest BCUT2D eigenvalue weighted by atomic mass is 16.3. The van der Waals surface area contributed by atoms with Gasteiger partial charge in [-0.1, -0.05) is 196 Å². The van der Waals surface area contributed by atoms with Gasteiger partial charge in [0.25, 0.3) is 0 Å². The van der Waals surface area contributed by atoms with Crippen LogP contribution >= 0.6 is 0 Å². The Morgan fingerprint density at radius 3 is 1.67 bits per heavy atom. The topological polar surface area (TPSA) is 38.9 Å². The maximum Gasteiger partial charge on any atom is 0.160 e. The molecule has 0 spiro atoms. The van der Waals surface area contributed by atoms with Crippen molar-refractivity contribution in [3.05, 3.63) is 217 Å². The molecule has 1 aliphatic carbocycles. The summed E-state index contributed by atoms with van der Waals surface area (Å²) >= 11 is 0. The molecule has 0 saturated heterocycles. The van der Waals surface area contributed by atoms with Gasteiger partial charge in [-0.3, -0.25) is 0 Å². The van der Waals surface area contributed by atoms with Gasteiger partial charge in [0.1, 0.15) is 11.2 Å². The summed E-state index contributed by atoms with van der Waals surface area (Å²) in [5, 5.41) is 9.49. The number of hydrogen-bond acceptors (Lipinski definition) is 3. The van der Waals surface area contributed by atoms with Crippen molar-refractivity contribution in [3.8, 4) is 67.3 Å². The second kappa shape index (κ2) is 13.9. The average molecular weight is 817 g/mol. The Hall–Kier alpha value is -8.14. The molecule has 0 fully saturated rings. The molecule has 1 aliphatic rings. The Morgan fingerprint density at radius 2 is 0.922 bits per heavy atom. The zero-order valence-electron chi connectivity index (χ0n) is 35.4. The molecular weight excluding hydrogens is 777 g/mol. The summed E-state index contributed by atoms with van der Waals surface area (Å²) < 4.78 is 6.33. The van der Waals surface area contributed by atoms with Gasteiger partial charge < -0.3 is 4.42 Å². The number of aromatic nitrogens is 2. The van der Waals surface area contributed by atoms with E-state index in [1.54, 1.807) is 0 Å². The minimum Gasteiger partial charge on any atom is -0.456 e. The van der Waals surface area contributed by atoms with E-state index in [1.165, 1.54) is 71.4 Å². The molecule has 64 heavy (non-hydrogen) atoms. The molecule has 0 saturated carbocycles. The Kier molecular flexibility index (Phi) is 7.95. The zero-order chi connectivity index (χ0) is 42.5. The van der Waals surface area contributed by atoms with Crippen LogP contribution in [0, 0.1) is 0 Å². The molecule has 0 amide bonds. The number of benzene rings is 10. The summed E-state index contributed by atoms with van der Waals surface area (Å²) in [6.07, 6.45) is 0. The van der Waals surface area contributed by atoms with E-state index in [1.807, 2.05) is 36.4 Å². The molecule has 2 aromatic heterocycles. The lowest BCUT2D eigenvalue weighted by molar-refractivity contribution is 0.661. The van der Waals surface area contributed by atoms with Gasteiger partial charge in [-0.15, -0.1) is 0 Å². The van der Waals surface area contributed by atoms with Gasteiger partial charge in [0.2, 0.25) is 0 Å². The molecule has 0 radical (unpaired) electrons. The first-order valence-electron chi connectivity index (χ1n) is 22.1. The van der Waals surface area contributed by atoms with Crippen molar-refractivity contribution >= 4 is 54.3 Å². The Morgan fingerprint density at radius 1 is 0.359 bits per heavy atom. The van der Waals surface area contributed by atoms with Crippen molar-refractivity contribution in [2.24, 2.45) is 0 Å². The molecule has 0 bridgehead atoms. The first-order valence-corrected chi connectivity index (χ1v) is 22.1. The molecule has 0 unspecified atom stereocenters. The molecule has 13 rings (SSSR count). The van der Waals surface area contributed by atoms with E-state index in [0.29, 0.717) is 5.82 Å². The third kappa shape index (κ3) is 5.47. The largest absolute Gasteiger partial charge is 0.456 e. The number of furan rings is 1. The highest BCUT2D eigenvalue weighted by Gasteiger charge is 2.36. The highest BCUT2D eigenvalue weighted by molar-refractivity contribution is 6.14. The first kappa shape index (κ1) is 36.5. The summed E-state index contributed by atoms with van der Waals surface area (Å²) in [5.41, 5.74) is 16.7. The van der Waals surface area contributed by atoms with Crippen molar-refractivity contribution in [1.29, 1.82) is 0 Å². The van der Waals surface area contributed by atoms with Gasteiger partial charge >= 0.3 is 0 Å². The van der Waals surface area contributed by atoms with Crippen molar-refractivity contribution in [2.75, 3.05) is 0 Å². The normalized spacial score (nSPS) is 13.0. The van der Waals surface area contributed by atoms with Crippen molar-refractivity contribution in [3.63, 3.8) is 0 Å². The number of para-hydroxylation sites is 1. The summed E-state index contributed by atoms with van der Waals surface area (Å²) in [6.45, 7) is 4.72. The fraction of sp³-hybridized carbons (Fsp3) is 0.0492. The standard InChI is InChI=1S/C61H40N2O/c1-61(2)52-33-28-39(35-51(52)58-41-18-7-6-15-37(41)27-34-53(58)61)40-29-30-46(43-20-9-8-19-42(40)43)47-31-32-48(45-22-11-10-21-44(45)47)54-36-55(63-60(62-54)38-16-4-3-5-17-38)49-24-14-26-57-59(49)50-23-12-13-25-56(50)64-57/h3-36H,1-2H3. The minimum absolute atomic E-state index is 0.0778. The lowest BCUT2D eigenvalue weighted by atomic mass is 9.81. The van der Waals surface area contributed by atoms with E-state index in [4.69, 9.17) is 14.4 Å². The molecule has 300 valence electrons. The van der Waals surface area contributed by atoms with Crippen LogP contribution in [0.15, 0.2) is 211 Å². The third-order valence-electron chi connectivity index (χ3n) is 13.7. The predicted octanol–water partition coefficient (Wildman–Crippen LogP) is 16.5. The number of rotatable bonds is 5. The van der Waals surface area contributed by atoms with E-state index < -0.39 is 0 Å². The lowest BCUT2D eigenvalue weighted by Crippen LogP contribution is -2.14. The molecule has 0 aliphatic heterocycles. The van der Waals surface area contributed by atoms with E-state index in [0.717, 1.165) is 55.4 Å². The monoisotopic (exact) mass is 816 g/mol. The molecule has 2 heterocycles. The zero-order valence-corrected chi connectivity index (χ0v) is 35.4. The van der Waals surface area contributed by atoms with Crippen molar-refractivity contribution < 1.29 is 4.42 Å². The van der Waals surface area contributed by atoms with Gasteiger partial charge in [0.05, 0.1) is 11.4 Å². The van der Waals surface area contributed by atoms with Crippen molar-refractivity contribution in [1.82, 2.24) is 9.97 Å². The van der Waals surface area contributed by atoms with Crippen LogP contribution in [0.25, 0.3) is 122 Å². The molecule has 3 nitrogen and oxygen atoms in total. The van der Waals surface area contributed by atoms with Gasteiger partial charge in [0.15, 0.2) is 5.82 Å². The van der Waals surface area contributed by atoms with Crippen LogP contribution < -0.4 is 0 Å². The summed E-state index contributed by atoms with van der Waals surface area (Å²) in [7, 11) is 0. The lowest BCUT2D eigenvalue weighted by Gasteiger charge is -2.22. The Labute approximate surface area is 371 Å². The van der Waals surface area contributed by atoms with Gasteiger partial charge in [-0.25, -0.2) is 9.97 Å². The second-order valence-electron chi connectivity index (χ2n) is 17.6. The van der Waals surface area contributed by atoms with Crippen LogP contribution in [-0.2, 0) is 5.41 Å². The molecule has 0 N–H and O–H groups in total. The average Bonchev–Trinajstić information content (AvgIpc) is 3.85. The van der Waals surface area contributed by atoms with Crippen LogP contribution in [0.3, 0.4) is 0 Å². The maximum absolute atomic E-state index is 6.33. The summed E-state index contributed by atoms with van der Waals surface area (Å²) in [5.74, 6) is 0.680. The summed E-state index contributed by atoms with van der Waals surface area (Å²) in [4.78, 5) is 10.6. The molecular formula is C61H40N2O. The van der Waals surface area contributed by atoms with Crippen molar-refractivity contribution in [2.45, 2.75) is 19.3 Å². The third-order valence-corrected chi connectivity index (χ3v) is 13.7. The predicted molar refractivity (Wildman–Crippen MR) is 267 cm³/mol. The fourth-order valence-corrected chi connectivity index (χ4v) is 10.7. The SMILES string of the molecule is CC1(C)c2ccc(-c3ccc(-c4ccc(-c5cc(-c6cccc7oc8ccccc8c67)nc(-c6ccccc6)n5)c5ccccc45)c4ccccc34)cc2-c2c1ccc1ccccc21. The van der Waals surface area contributed by atoms with Crippen LogP contribution in [0.2, 0.25) is 0 Å². The fourth-order valence-electron chi connectivity index (χ4n) is 10.7. The smallest absolute Gasteiger partial charge is 0.160 e. The molecule has 10 aromatic carbocycles. The molecule has 12 aromatic rings. The first-order chi connectivity index (χ1) is 31.5. The van der Waals surface area contributed by atoms with E-state index in [9.17, 15) is 0 Å². The van der Waals surface area contributed by atoms with Gasteiger partial charge in [-0.05, 0) is 101 Å². The number of nitrogens with zero attached hydrogens (tertiary/aromatic N) is 2. The quantitative estimate of drug-likeness (QED) is 0.174. The molecule has 0 atom stereocenters.